The average molecular weight is 293 g/mol. The summed E-state index contributed by atoms with van der Waals surface area (Å²) < 4.78 is 0.408. The first-order chi connectivity index (χ1) is 5.86. The predicted molar refractivity (Wildman–Crippen MR) is 69.0 cm³/mol. The Kier molecular flexibility index (Phi) is 5.68. The number of hydrogen-bond acceptors (Lipinski definition) is 1. The molecule has 0 spiro atoms. The number of rotatable bonds is 3. The van der Waals surface area contributed by atoms with E-state index in [-0.39, 0.29) is 0 Å². The number of nitrogens with two attached hydrogens (primary N) is 1. The smallest absolute Gasteiger partial charge is 0.0476 e. The van der Waals surface area contributed by atoms with E-state index in [2.05, 4.69) is 63.3 Å². The standard InChI is InChI=1S/C11H20IN/c1-7(2)10(8(3)4)6-11(13)9(5)12/h6-7,9H,13H2,1-5H3/b11-6-. The van der Waals surface area contributed by atoms with Crippen LogP contribution in [0.15, 0.2) is 22.9 Å². The Hall–Kier alpha value is 0.0100. The molecule has 1 atom stereocenters. The summed E-state index contributed by atoms with van der Waals surface area (Å²) in [5.74, 6) is 0.554. The highest BCUT2D eigenvalue weighted by atomic mass is 127. The first kappa shape index (κ1) is 13.0. The van der Waals surface area contributed by atoms with Gasteiger partial charge in [-0.15, -0.1) is 0 Å². The van der Waals surface area contributed by atoms with Gasteiger partial charge in [0.15, 0.2) is 0 Å². The lowest BCUT2D eigenvalue weighted by Gasteiger charge is -2.12. The Morgan fingerprint density at radius 3 is 1.92 bits per heavy atom. The highest BCUT2D eigenvalue weighted by molar-refractivity contribution is 14.1. The van der Waals surface area contributed by atoms with Crippen LogP contribution >= 0.6 is 22.6 Å². The molecule has 0 aliphatic heterocycles. The summed E-state index contributed by atoms with van der Waals surface area (Å²) in [7, 11) is 0. The molecule has 0 aromatic carbocycles. The second-order valence-electron chi connectivity index (χ2n) is 3.87. The van der Waals surface area contributed by atoms with Crippen LogP contribution in [0.25, 0.3) is 0 Å². The highest BCUT2D eigenvalue weighted by Gasteiger charge is 2.05. The van der Waals surface area contributed by atoms with Gasteiger partial charge in [0.25, 0.3) is 0 Å². The topological polar surface area (TPSA) is 26.0 Å². The molecule has 0 aromatic heterocycles. The monoisotopic (exact) mass is 293 g/mol. The number of allylic oxidation sites excluding steroid dienone is 4. The summed E-state index contributed by atoms with van der Waals surface area (Å²) >= 11 is 2.33. The van der Waals surface area contributed by atoms with Crippen molar-refractivity contribution in [1.82, 2.24) is 0 Å². The van der Waals surface area contributed by atoms with E-state index in [0.29, 0.717) is 9.84 Å². The quantitative estimate of drug-likeness (QED) is 0.480. The normalized spacial score (nSPS) is 14.5. The minimum Gasteiger partial charge on any atom is -0.401 e. The van der Waals surface area contributed by atoms with Crippen LogP contribution in [0.4, 0.5) is 0 Å². The molecule has 0 aliphatic rings. The summed E-state index contributed by atoms with van der Waals surface area (Å²) in [6, 6.07) is 0. The Bertz CT molecular complexity index is 220. The van der Waals surface area contributed by atoms with Gasteiger partial charge < -0.3 is 5.73 Å². The zero-order valence-corrected chi connectivity index (χ0v) is 11.3. The van der Waals surface area contributed by atoms with Crippen molar-refractivity contribution in [3.8, 4) is 0 Å². The molecule has 2 heteroatoms. The zero-order chi connectivity index (χ0) is 10.6. The first-order valence-electron chi connectivity index (χ1n) is 4.64. The van der Waals surface area contributed by atoms with Crippen molar-refractivity contribution < 1.29 is 0 Å². The van der Waals surface area contributed by atoms with Gasteiger partial charge in [0.1, 0.15) is 0 Å². The Labute approximate surface area is 95.6 Å². The summed E-state index contributed by atoms with van der Waals surface area (Å²) in [6.45, 7) is 10.8. The summed E-state index contributed by atoms with van der Waals surface area (Å²) in [6.07, 6.45) is 2.12. The van der Waals surface area contributed by atoms with Gasteiger partial charge in [0, 0.05) is 9.62 Å². The maximum Gasteiger partial charge on any atom is 0.0476 e. The fraction of sp³-hybridized carbons (Fsp3) is 0.636. The molecular formula is C11H20IN. The third-order valence-electron chi connectivity index (χ3n) is 1.98. The minimum absolute atomic E-state index is 0.408. The molecular weight excluding hydrogens is 273 g/mol. The Morgan fingerprint density at radius 1 is 1.23 bits per heavy atom. The van der Waals surface area contributed by atoms with E-state index < -0.39 is 0 Å². The van der Waals surface area contributed by atoms with Crippen LogP contribution in [0.2, 0.25) is 0 Å². The Balaban J connectivity index is 4.83. The molecule has 13 heavy (non-hydrogen) atoms. The van der Waals surface area contributed by atoms with Gasteiger partial charge in [-0.05, 0) is 38.3 Å². The van der Waals surface area contributed by atoms with Crippen LogP contribution < -0.4 is 5.73 Å². The SMILES string of the molecule is CC(C)=C(/C=C(\N)C(C)I)C(C)C. The molecule has 0 fully saturated rings. The van der Waals surface area contributed by atoms with Crippen LogP contribution in [-0.4, -0.2) is 3.92 Å². The molecule has 76 valence electrons. The third-order valence-corrected chi connectivity index (χ3v) is 2.70. The zero-order valence-electron chi connectivity index (χ0n) is 9.19. The molecule has 0 aliphatic carbocycles. The van der Waals surface area contributed by atoms with E-state index in [1.54, 1.807) is 0 Å². The number of hydrogen-bond donors (Lipinski definition) is 1. The second kappa shape index (κ2) is 5.68. The molecule has 0 saturated heterocycles. The highest BCUT2D eigenvalue weighted by Crippen LogP contribution is 2.19. The van der Waals surface area contributed by atoms with E-state index in [4.69, 9.17) is 5.73 Å². The van der Waals surface area contributed by atoms with Crippen LogP contribution in [0.5, 0.6) is 0 Å². The second-order valence-corrected chi connectivity index (χ2v) is 5.74. The molecule has 2 N–H and O–H groups in total. The van der Waals surface area contributed by atoms with Crippen molar-refractivity contribution in [3.63, 3.8) is 0 Å². The van der Waals surface area contributed by atoms with Crippen molar-refractivity contribution in [2.45, 2.75) is 38.5 Å². The van der Waals surface area contributed by atoms with Gasteiger partial charge in [-0.2, -0.15) is 0 Å². The van der Waals surface area contributed by atoms with E-state index >= 15 is 0 Å². The average Bonchev–Trinajstić information content (AvgIpc) is 1.97. The van der Waals surface area contributed by atoms with Crippen LogP contribution in [-0.2, 0) is 0 Å². The van der Waals surface area contributed by atoms with Gasteiger partial charge in [0.2, 0.25) is 0 Å². The van der Waals surface area contributed by atoms with Gasteiger partial charge >= 0.3 is 0 Å². The lowest BCUT2D eigenvalue weighted by Crippen LogP contribution is -2.09. The van der Waals surface area contributed by atoms with Crippen molar-refractivity contribution in [2.75, 3.05) is 0 Å². The molecule has 0 rings (SSSR count). The number of halogens is 1. The van der Waals surface area contributed by atoms with E-state index in [9.17, 15) is 0 Å². The molecule has 0 radical (unpaired) electrons. The van der Waals surface area contributed by atoms with Crippen LogP contribution in [0.1, 0.15) is 34.6 Å². The minimum atomic E-state index is 0.408. The van der Waals surface area contributed by atoms with Crippen molar-refractivity contribution in [3.05, 3.63) is 22.9 Å². The van der Waals surface area contributed by atoms with E-state index in [1.165, 1.54) is 11.1 Å². The van der Waals surface area contributed by atoms with Crippen molar-refractivity contribution in [2.24, 2.45) is 11.7 Å². The summed E-state index contributed by atoms with van der Waals surface area (Å²) in [5.41, 5.74) is 9.59. The van der Waals surface area contributed by atoms with Gasteiger partial charge in [-0.25, -0.2) is 0 Å². The van der Waals surface area contributed by atoms with Crippen LogP contribution in [0.3, 0.4) is 0 Å². The first-order valence-corrected chi connectivity index (χ1v) is 5.89. The molecule has 0 saturated carbocycles. The molecule has 0 heterocycles. The Morgan fingerprint density at radius 2 is 1.69 bits per heavy atom. The lowest BCUT2D eigenvalue weighted by molar-refractivity contribution is 0.776. The molecule has 0 bridgehead atoms. The predicted octanol–water partition coefficient (Wildman–Crippen LogP) is 3.64. The number of alkyl halides is 1. The fourth-order valence-corrected chi connectivity index (χ4v) is 1.36. The fourth-order valence-electron chi connectivity index (χ4n) is 1.18. The van der Waals surface area contributed by atoms with Crippen molar-refractivity contribution in [1.29, 1.82) is 0 Å². The van der Waals surface area contributed by atoms with Gasteiger partial charge in [-0.3, -0.25) is 0 Å². The van der Waals surface area contributed by atoms with Gasteiger partial charge in [-0.1, -0.05) is 42.0 Å². The van der Waals surface area contributed by atoms with E-state index in [1.807, 2.05) is 0 Å². The summed E-state index contributed by atoms with van der Waals surface area (Å²) in [4.78, 5) is 0. The maximum atomic E-state index is 5.91. The van der Waals surface area contributed by atoms with E-state index in [0.717, 1.165) is 5.70 Å². The molecule has 0 aromatic rings. The molecule has 0 amide bonds. The lowest BCUT2D eigenvalue weighted by atomic mass is 9.97. The maximum absolute atomic E-state index is 5.91. The molecule has 1 nitrogen and oxygen atoms in total. The van der Waals surface area contributed by atoms with Crippen LogP contribution in [0, 0.1) is 5.92 Å². The third kappa shape index (κ3) is 4.69. The van der Waals surface area contributed by atoms with Crippen molar-refractivity contribution >= 4 is 22.6 Å². The largest absolute Gasteiger partial charge is 0.401 e. The summed E-state index contributed by atoms with van der Waals surface area (Å²) in [5, 5.41) is 0. The molecule has 1 unspecified atom stereocenters. The van der Waals surface area contributed by atoms with Gasteiger partial charge in [0.05, 0.1) is 0 Å².